The number of rotatable bonds is 2. The van der Waals surface area contributed by atoms with E-state index in [1.807, 2.05) is 0 Å². The summed E-state index contributed by atoms with van der Waals surface area (Å²) in [6, 6.07) is 8.39. The van der Waals surface area contributed by atoms with Crippen molar-refractivity contribution in [2.75, 3.05) is 6.26 Å². The standard InChI is InChI=1S/C8H9S2/c1-9-7-3-5-8(10-2)6-4-7/h3-6H,1H2,2H3. The molecule has 0 aliphatic carbocycles. The van der Waals surface area contributed by atoms with Crippen LogP contribution in [-0.4, -0.2) is 6.26 Å². The van der Waals surface area contributed by atoms with Gasteiger partial charge in [0.25, 0.3) is 0 Å². The molecule has 10 heavy (non-hydrogen) atoms. The first-order valence-corrected chi connectivity index (χ1v) is 5.14. The molecule has 0 N–H and O–H groups in total. The van der Waals surface area contributed by atoms with Crippen LogP contribution >= 0.6 is 23.5 Å². The Kier molecular flexibility index (Phi) is 3.16. The predicted octanol–water partition coefficient (Wildman–Crippen LogP) is 3.29. The van der Waals surface area contributed by atoms with Crippen LogP contribution in [0.4, 0.5) is 0 Å². The predicted molar refractivity (Wildman–Crippen MR) is 49.4 cm³/mol. The Balaban J connectivity index is 2.80. The minimum absolute atomic E-state index is 1.22. The molecule has 0 aromatic heterocycles. The molecule has 1 aromatic rings. The quantitative estimate of drug-likeness (QED) is 0.623. The van der Waals surface area contributed by atoms with Gasteiger partial charge in [0.2, 0.25) is 0 Å². The maximum Gasteiger partial charge on any atom is 0.00745 e. The highest BCUT2D eigenvalue weighted by atomic mass is 32.2. The second-order valence-electron chi connectivity index (χ2n) is 1.82. The van der Waals surface area contributed by atoms with E-state index >= 15 is 0 Å². The zero-order chi connectivity index (χ0) is 7.40. The summed E-state index contributed by atoms with van der Waals surface area (Å²) in [6.45, 7) is 0. The normalized spacial score (nSPS) is 9.80. The van der Waals surface area contributed by atoms with Crippen molar-refractivity contribution < 1.29 is 0 Å². The summed E-state index contributed by atoms with van der Waals surface area (Å²) in [4.78, 5) is 2.52. The van der Waals surface area contributed by atoms with Crippen molar-refractivity contribution in [3.8, 4) is 0 Å². The van der Waals surface area contributed by atoms with Crippen molar-refractivity contribution in [1.29, 1.82) is 0 Å². The van der Waals surface area contributed by atoms with Gasteiger partial charge in [0.15, 0.2) is 0 Å². The summed E-state index contributed by atoms with van der Waals surface area (Å²) in [5, 5.41) is 0. The summed E-state index contributed by atoms with van der Waals surface area (Å²) in [7, 11) is 0. The second kappa shape index (κ2) is 3.94. The molecule has 0 aliphatic heterocycles. The fraction of sp³-hybridized carbons (Fsp3) is 0.125. The molecule has 0 saturated carbocycles. The Morgan fingerprint density at radius 1 is 1.10 bits per heavy atom. The summed E-state index contributed by atoms with van der Waals surface area (Å²) in [5.74, 6) is 0. The Bertz CT molecular complexity index is 168. The van der Waals surface area contributed by atoms with Gasteiger partial charge in [0, 0.05) is 16.0 Å². The van der Waals surface area contributed by atoms with Crippen LogP contribution in [0.15, 0.2) is 34.1 Å². The molecule has 0 amide bonds. The van der Waals surface area contributed by atoms with Crippen LogP contribution in [0.3, 0.4) is 0 Å². The van der Waals surface area contributed by atoms with Gasteiger partial charge in [-0.15, -0.1) is 23.5 Å². The molecule has 0 unspecified atom stereocenters. The molecule has 1 rings (SSSR count). The van der Waals surface area contributed by atoms with E-state index in [-0.39, 0.29) is 0 Å². The lowest BCUT2D eigenvalue weighted by Gasteiger charge is -1.96. The lowest BCUT2D eigenvalue weighted by atomic mass is 10.4. The lowest BCUT2D eigenvalue weighted by molar-refractivity contribution is 1.36. The third-order valence-corrected chi connectivity index (χ3v) is 2.58. The van der Waals surface area contributed by atoms with Gasteiger partial charge in [-0.2, -0.15) is 0 Å². The topological polar surface area (TPSA) is 0 Å². The highest BCUT2D eigenvalue weighted by Gasteiger charge is 1.89. The molecule has 0 aliphatic rings. The van der Waals surface area contributed by atoms with Crippen LogP contribution in [-0.2, 0) is 0 Å². The van der Waals surface area contributed by atoms with Crippen LogP contribution in [0, 0.1) is 6.26 Å². The van der Waals surface area contributed by atoms with E-state index in [0.29, 0.717) is 0 Å². The molecule has 0 nitrogen and oxygen atoms in total. The zero-order valence-corrected chi connectivity index (χ0v) is 7.47. The van der Waals surface area contributed by atoms with Gasteiger partial charge < -0.3 is 0 Å². The van der Waals surface area contributed by atoms with Gasteiger partial charge in [-0.25, -0.2) is 0 Å². The summed E-state index contributed by atoms with van der Waals surface area (Å²) < 4.78 is 0. The van der Waals surface area contributed by atoms with E-state index in [4.69, 9.17) is 0 Å². The minimum atomic E-state index is 1.22. The van der Waals surface area contributed by atoms with Gasteiger partial charge in [0.05, 0.1) is 0 Å². The third-order valence-electron chi connectivity index (χ3n) is 1.23. The first-order chi connectivity index (χ1) is 4.86. The Morgan fingerprint density at radius 3 is 2.00 bits per heavy atom. The van der Waals surface area contributed by atoms with Gasteiger partial charge in [0.1, 0.15) is 0 Å². The van der Waals surface area contributed by atoms with E-state index in [2.05, 4.69) is 36.8 Å². The molecule has 1 aromatic carbocycles. The average molecular weight is 169 g/mol. The Labute approximate surface area is 70.4 Å². The minimum Gasteiger partial charge on any atom is -0.130 e. The van der Waals surface area contributed by atoms with Gasteiger partial charge in [-0.1, -0.05) is 0 Å². The molecular formula is C8H9S2. The van der Waals surface area contributed by atoms with Crippen molar-refractivity contribution in [2.24, 2.45) is 0 Å². The molecule has 0 fully saturated rings. The second-order valence-corrected chi connectivity index (χ2v) is 3.46. The van der Waals surface area contributed by atoms with E-state index < -0.39 is 0 Å². The van der Waals surface area contributed by atoms with Gasteiger partial charge in [-0.05, 0) is 30.5 Å². The van der Waals surface area contributed by atoms with E-state index in [1.165, 1.54) is 21.6 Å². The smallest absolute Gasteiger partial charge is 0.00745 e. The van der Waals surface area contributed by atoms with Crippen molar-refractivity contribution in [1.82, 2.24) is 0 Å². The van der Waals surface area contributed by atoms with Gasteiger partial charge in [-0.3, -0.25) is 0 Å². The fourth-order valence-corrected chi connectivity index (χ4v) is 1.41. The molecule has 53 valence electrons. The van der Waals surface area contributed by atoms with Crippen LogP contribution in [0.5, 0.6) is 0 Å². The van der Waals surface area contributed by atoms with Crippen LogP contribution in [0.1, 0.15) is 0 Å². The Hall–Kier alpha value is -0.0800. The van der Waals surface area contributed by atoms with Crippen LogP contribution in [0.25, 0.3) is 0 Å². The number of hydrogen-bond acceptors (Lipinski definition) is 2. The van der Waals surface area contributed by atoms with E-state index in [9.17, 15) is 0 Å². The highest BCUT2D eigenvalue weighted by molar-refractivity contribution is 8.00. The molecule has 0 atom stereocenters. The van der Waals surface area contributed by atoms with Crippen LogP contribution in [0.2, 0.25) is 0 Å². The summed E-state index contributed by atoms with van der Waals surface area (Å²) in [6.07, 6.45) is 5.80. The van der Waals surface area contributed by atoms with E-state index in [1.54, 1.807) is 11.8 Å². The molecule has 0 spiro atoms. The monoisotopic (exact) mass is 169 g/mol. The first kappa shape index (κ1) is 8.02. The van der Waals surface area contributed by atoms with E-state index in [0.717, 1.165) is 0 Å². The number of benzene rings is 1. The zero-order valence-electron chi connectivity index (χ0n) is 5.83. The van der Waals surface area contributed by atoms with Crippen molar-refractivity contribution in [3.05, 3.63) is 30.5 Å². The molecule has 1 radical (unpaired) electrons. The summed E-state index contributed by atoms with van der Waals surface area (Å²) >= 11 is 3.29. The lowest BCUT2D eigenvalue weighted by Crippen LogP contribution is -1.69. The number of hydrogen-bond donors (Lipinski definition) is 0. The maximum atomic E-state index is 3.72. The van der Waals surface area contributed by atoms with Crippen LogP contribution < -0.4 is 0 Å². The van der Waals surface area contributed by atoms with Crippen molar-refractivity contribution in [2.45, 2.75) is 9.79 Å². The highest BCUT2D eigenvalue weighted by Crippen LogP contribution is 2.20. The maximum absolute atomic E-state index is 3.72. The molecule has 0 bridgehead atoms. The SMILES string of the molecule is [CH2]Sc1ccc(SC)cc1. The Morgan fingerprint density at radius 2 is 1.60 bits per heavy atom. The first-order valence-electron chi connectivity index (χ1n) is 2.93. The molecule has 0 heterocycles. The van der Waals surface area contributed by atoms with Crippen molar-refractivity contribution >= 4 is 23.5 Å². The molecular weight excluding hydrogens is 160 g/mol. The molecule has 2 heteroatoms. The average Bonchev–Trinajstić information content (AvgIpc) is 2.05. The van der Waals surface area contributed by atoms with Gasteiger partial charge >= 0.3 is 0 Å². The summed E-state index contributed by atoms with van der Waals surface area (Å²) in [5.41, 5.74) is 0. The number of thioether (sulfide) groups is 2. The largest absolute Gasteiger partial charge is 0.130 e. The molecule has 0 saturated heterocycles. The fourth-order valence-electron chi connectivity index (χ4n) is 0.672. The third kappa shape index (κ3) is 1.96. The van der Waals surface area contributed by atoms with Crippen molar-refractivity contribution in [3.63, 3.8) is 0 Å².